The second-order valence-corrected chi connectivity index (χ2v) is 2.92. The smallest absolute Gasteiger partial charge is 0.331 e. The van der Waals surface area contributed by atoms with E-state index < -0.39 is 5.97 Å². The molecule has 0 spiro atoms. The molecule has 12 heavy (non-hydrogen) atoms. The lowest BCUT2D eigenvalue weighted by Gasteiger charge is -1.97. The van der Waals surface area contributed by atoms with Crippen molar-refractivity contribution in [3.63, 3.8) is 0 Å². The summed E-state index contributed by atoms with van der Waals surface area (Å²) in [5.41, 5.74) is 0.0631. The van der Waals surface area contributed by atoms with Gasteiger partial charge >= 0.3 is 5.97 Å². The Kier molecular flexibility index (Phi) is 2.47. The molecular formula is C8H11NO3. The molecule has 4 nitrogen and oxygen atoms in total. The summed E-state index contributed by atoms with van der Waals surface area (Å²) in [6.45, 7) is 1.40. The maximum atomic E-state index is 11.0. The van der Waals surface area contributed by atoms with Crippen molar-refractivity contribution in [1.82, 2.24) is 5.32 Å². The fraction of sp³-hybridized carbons (Fsp3) is 0.500. The Labute approximate surface area is 70.3 Å². The third-order valence-corrected chi connectivity index (χ3v) is 1.61. The molecule has 0 aromatic rings. The van der Waals surface area contributed by atoms with Crippen LogP contribution in [0.3, 0.4) is 0 Å². The first kappa shape index (κ1) is 8.77. The van der Waals surface area contributed by atoms with Gasteiger partial charge in [0.15, 0.2) is 0 Å². The van der Waals surface area contributed by atoms with Crippen molar-refractivity contribution < 1.29 is 14.7 Å². The monoisotopic (exact) mass is 169 g/mol. The largest absolute Gasteiger partial charge is 0.478 e. The van der Waals surface area contributed by atoms with Gasteiger partial charge in [-0.25, -0.2) is 4.79 Å². The molecule has 0 heterocycles. The highest BCUT2D eigenvalue weighted by Gasteiger charge is 2.22. The van der Waals surface area contributed by atoms with Gasteiger partial charge in [-0.15, -0.1) is 0 Å². The lowest BCUT2D eigenvalue weighted by atomic mass is 10.3. The van der Waals surface area contributed by atoms with Crippen LogP contribution in [0.5, 0.6) is 0 Å². The van der Waals surface area contributed by atoms with Crippen molar-refractivity contribution >= 4 is 11.9 Å². The fourth-order valence-corrected chi connectivity index (χ4v) is 0.729. The lowest BCUT2D eigenvalue weighted by Crippen LogP contribution is -2.23. The summed E-state index contributed by atoms with van der Waals surface area (Å²) in [5.74, 6) is -1.36. The van der Waals surface area contributed by atoms with E-state index in [9.17, 15) is 9.59 Å². The van der Waals surface area contributed by atoms with E-state index in [0.29, 0.717) is 0 Å². The molecule has 0 unspecified atom stereocenters. The number of carbonyl (C=O) groups is 2. The molecule has 0 atom stereocenters. The van der Waals surface area contributed by atoms with Gasteiger partial charge in [-0.2, -0.15) is 0 Å². The molecule has 1 saturated carbocycles. The first-order valence-electron chi connectivity index (χ1n) is 3.81. The van der Waals surface area contributed by atoms with Crippen LogP contribution in [0.4, 0.5) is 0 Å². The van der Waals surface area contributed by atoms with Crippen LogP contribution in [0.2, 0.25) is 0 Å². The average molecular weight is 169 g/mol. The van der Waals surface area contributed by atoms with Crippen LogP contribution in [-0.2, 0) is 9.59 Å². The molecule has 0 aromatic carbocycles. The third kappa shape index (κ3) is 2.74. The Bertz CT molecular complexity index is 241. The summed E-state index contributed by atoms with van der Waals surface area (Å²) < 4.78 is 0. The highest BCUT2D eigenvalue weighted by atomic mass is 16.4. The number of carboxylic acids is 1. The molecule has 1 rings (SSSR count). The summed E-state index contributed by atoms with van der Waals surface area (Å²) in [4.78, 5) is 21.2. The minimum atomic E-state index is -1.05. The molecule has 0 aromatic heterocycles. The van der Waals surface area contributed by atoms with Gasteiger partial charge in [0.25, 0.3) is 0 Å². The molecule has 1 amide bonds. The highest BCUT2D eigenvalue weighted by molar-refractivity contribution is 5.97. The molecule has 0 saturated heterocycles. The molecule has 0 aliphatic heterocycles. The van der Waals surface area contributed by atoms with E-state index in [2.05, 4.69) is 5.32 Å². The maximum absolute atomic E-state index is 11.0. The van der Waals surface area contributed by atoms with Gasteiger partial charge in [0.1, 0.15) is 0 Å². The Morgan fingerprint density at radius 1 is 1.50 bits per heavy atom. The highest BCUT2D eigenvalue weighted by Crippen LogP contribution is 2.18. The van der Waals surface area contributed by atoms with Crippen LogP contribution in [-0.4, -0.2) is 23.0 Å². The number of hydrogen-bond acceptors (Lipinski definition) is 2. The van der Waals surface area contributed by atoms with Crippen molar-refractivity contribution in [2.24, 2.45) is 0 Å². The van der Waals surface area contributed by atoms with Gasteiger partial charge < -0.3 is 10.4 Å². The molecule has 66 valence electrons. The number of amides is 1. The zero-order chi connectivity index (χ0) is 9.14. The number of carboxylic acid groups (broad SMARTS) is 1. The van der Waals surface area contributed by atoms with Crippen LogP contribution in [0, 0.1) is 0 Å². The summed E-state index contributed by atoms with van der Waals surface area (Å²) in [6, 6.07) is 0.273. The maximum Gasteiger partial charge on any atom is 0.331 e. The van der Waals surface area contributed by atoms with E-state index in [0.717, 1.165) is 18.9 Å². The summed E-state index contributed by atoms with van der Waals surface area (Å²) >= 11 is 0. The Balaban J connectivity index is 2.41. The minimum Gasteiger partial charge on any atom is -0.478 e. The first-order chi connectivity index (χ1) is 5.59. The zero-order valence-corrected chi connectivity index (χ0v) is 6.83. The molecule has 0 bridgehead atoms. The second-order valence-electron chi connectivity index (χ2n) is 2.92. The molecule has 2 N–H and O–H groups in total. The predicted octanol–water partition coefficient (Wildman–Crippen LogP) is 0.296. The zero-order valence-electron chi connectivity index (χ0n) is 6.83. The summed E-state index contributed by atoms with van der Waals surface area (Å²) in [7, 11) is 0. The molecule has 1 aliphatic rings. The van der Waals surface area contributed by atoms with Crippen molar-refractivity contribution in [3.05, 3.63) is 11.6 Å². The molecule has 4 heteroatoms. The normalized spacial score (nSPS) is 17.2. The van der Waals surface area contributed by atoms with E-state index >= 15 is 0 Å². The fourth-order valence-electron chi connectivity index (χ4n) is 0.729. The number of carbonyl (C=O) groups excluding carboxylic acids is 1. The van der Waals surface area contributed by atoms with Crippen molar-refractivity contribution in [2.45, 2.75) is 25.8 Å². The lowest BCUT2D eigenvalue weighted by molar-refractivity contribution is -0.133. The van der Waals surface area contributed by atoms with Crippen LogP contribution in [0.1, 0.15) is 19.8 Å². The predicted molar refractivity (Wildman–Crippen MR) is 42.6 cm³/mol. The van der Waals surface area contributed by atoms with Gasteiger partial charge in [-0.05, 0) is 19.8 Å². The van der Waals surface area contributed by atoms with Gasteiger partial charge in [-0.1, -0.05) is 0 Å². The average Bonchev–Trinajstić information content (AvgIpc) is 2.71. The Morgan fingerprint density at radius 2 is 2.08 bits per heavy atom. The van der Waals surface area contributed by atoms with Gasteiger partial charge in [0.05, 0.1) is 0 Å². The Hall–Kier alpha value is -1.32. The van der Waals surface area contributed by atoms with E-state index in [1.54, 1.807) is 0 Å². The number of aliphatic carboxylic acids is 1. The Morgan fingerprint density at radius 3 is 2.50 bits per heavy atom. The standard InChI is InChI=1S/C8H11NO3/c1-5(8(11)12)4-7(10)9-6-2-3-6/h4,6H,2-3H2,1H3,(H,9,10)(H,11,12)/b5-4+. The molecule has 0 radical (unpaired) electrons. The third-order valence-electron chi connectivity index (χ3n) is 1.61. The quantitative estimate of drug-likeness (QED) is 0.597. The number of rotatable bonds is 3. The van der Waals surface area contributed by atoms with E-state index in [4.69, 9.17) is 5.11 Å². The van der Waals surface area contributed by atoms with Crippen LogP contribution >= 0.6 is 0 Å². The SMILES string of the molecule is C/C(=C\C(=O)NC1CC1)C(=O)O. The minimum absolute atomic E-state index is 0.0631. The van der Waals surface area contributed by atoms with Gasteiger partial charge in [0, 0.05) is 17.7 Å². The van der Waals surface area contributed by atoms with Crippen LogP contribution in [0.15, 0.2) is 11.6 Å². The first-order valence-corrected chi connectivity index (χ1v) is 3.81. The van der Waals surface area contributed by atoms with E-state index in [1.165, 1.54) is 6.92 Å². The summed E-state index contributed by atoms with van der Waals surface area (Å²) in [5, 5.41) is 11.1. The summed E-state index contributed by atoms with van der Waals surface area (Å²) in [6.07, 6.45) is 3.12. The molecular weight excluding hydrogens is 158 g/mol. The number of hydrogen-bond donors (Lipinski definition) is 2. The van der Waals surface area contributed by atoms with Gasteiger partial charge in [-0.3, -0.25) is 4.79 Å². The van der Waals surface area contributed by atoms with Crippen LogP contribution < -0.4 is 5.32 Å². The van der Waals surface area contributed by atoms with Crippen LogP contribution in [0.25, 0.3) is 0 Å². The van der Waals surface area contributed by atoms with Crippen molar-refractivity contribution in [1.29, 1.82) is 0 Å². The number of nitrogens with one attached hydrogen (secondary N) is 1. The topological polar surface area (TPSA) is 66.4 Å². The van der Waals surface area contributed by atoms with Crippen molar-refractivity contribution in [3.8, 4) is 0 Å². The second kappa shape index (κ2) is 3.38. The van der Waals surface area contributed by atoms with Gasteiger partial charge in [0.2, 0.25) is 5.91 Å². The molecule has 1 fully saturated rings. The van der Waals surface area contributed by atoms with E-state index in [1.807, 2.05) is 0 Å². The van der Waals surface area contributed by atoms with Crippen molar-refractivity contribution in [2.75, 3.05) is 0 Å². The molecule has 1 aliphatic carbocycles. The van der Waals surface area contributed by atoms with E-state index in [-0.39, 0.29) is 17.5 Å².